The van der Waals surface area contributed by atoms with Gasteiger partial charge in [-0.2, -0.15) is 0 Å². The average molecular weight is 277 g/mol. The van der Waals surface area contributed by atoms with Crippen molar-refractivity contribution >= 4 is 29.1 Å². The molecule has 17 heavy (non-hydrogen) atoms. The lowest BCUT2D eigenvalue weighted by atomic mass is 10.1. The van der Waals surface area contributed by atoms with Crippen molar-refractivity contribution in [3.63, 3.8) is 0 Å². The lowest BCUT2D eigenvalue weighted by Crippen LogP contribution is -2.28. The maximum absolute atomic E-state index is 11.7. The number of nitrogens with one attached hydrogen (secondary N) is 1. The van der Waals surface area contributed by atoms with Gasteiger partial charge in [0.15, 0.2) is 0 Å². The Bertz CT molecular complexity index is 399. The molecule has 0 bridgehead atoms. The van der Waals surface area contributed by atoms with Crippen molar-refractivity contribution < 1.29 is 9.90 Å². The van der Waals surface area contributed by atoms with Crippen LogP contribution in [0.25, 0.3) is 0 Å². The molecule has 1 heterocycles. The Balaban J connectivity index is 2.55. The minimum Gasteiger partial charge on any atom is -0.396 e. The molecule has 1 unspecified atom stereocenters. The zero-order valence-corrected chi connectivity index (χ0v) is 10.9. The Hall–Kier alpha value is -0.840. The van der Waals surface area contributed by atoms with E-state index in [9.17, 15) is 4.79 Å². The topological polar surface area (TPSA) is 62.2 Å². The van der Waals surface area contributed by atoms with E-state index in [1.807, 2.05) is 6.92 Å². The average Bonchev–Trinajstić information content (AvgIpc) is 2.30. The SMILES string of the molecule is CC(CCO)CNC(=O)c1cnc(Cl)c(Cl)c1. The quantitative estimate of drug-likeness (QED) is 0.810. The van der Waals surface area contributed by atoms with Crippen LogP contribution >= 0.6 is 23.2 Å². The summed E-state index contributed by atoms with van der Waals surface area (Å²) in [4.78, 5) is 15.5. The highest BCUT2D eigenvalue weighted by Crippen LogP contribution is 2.19. The minimum atomic E-state index is -0.249. The number of pyridine rings is 1. The van der Waals surface area contributed by atoms with E-state index in [4.69, 9.17) is 28.3 Å². The van der Waals surface area contributed by atoms with Gasteiger partial charge in [0.1, 0.15) is 5.15 Å². The second-order valence-corrected chi connectivity index (χ2v) is 4.59. The van der Waals surface area contributed by atoms with Crippen molar-refractivity contribution in [2.75, 3.05) is 13.2 Å². The molecule has 0 aromatic carbocycles. The monoisotopic (exact) mass is 276 g/mol. The molecule has 0 aliphatic rings. The molecule has 4 nitrogen and oxygen atoms in total. The van der Waals surface area contributed by atoms with Crippen molar-refractivity contribution in [1.82, 2.24) is 10.3 Å². The third-order valence-corrected chi connectivity index (χ3v) is 2.98. The first-order valence-electron chi connectivity index (χ1n) is 5.24. The summed E-state index contributed by atoms with van der Waals surface area (Å²) in [5, 5.41) is 11.9. The van der Waals surface area contributed by atoms with E-state index in [0.717, 1.165) is 0 Å². The van der Waals surface area contributed by atoms with E-state index in [-0.39, 0.29) is 28.6 Å². The lowest BCUT2D eigenvalue weighted by molar-refractivity contribution is 0.0945. The zero-order valence-electron chi connectivity index (χ0n) is 9.41. The predicted molar refractivity (Wildman–Crippen MR) is 67.5 cm³/mol. The minimum absolute atomic E-state index is 0.116. The number of aliphatic hydroxyl groups excluding tert-OH is 1. The van der Waals surface area contributed by atoms with E-state index < -0.39 is 0 Å². The van der Waals surface area contributed by atoms with Crippen molar-refractivity contribution in [1.29, 1.82) is 0 Å². The number of aliphatic hydroxyl groups is 1. The molecule has 1 aromatic heterocycles. The fourth-order valence-electron chi connectivity index (χ4n) is 1.24. The van der Waals surface area contributed by atoms with E-state index >= 15 is 0 Å². The summed E-state index contributed by atoms with van der Waals surface area (Å²) >= 11 is 11.4. The lowest BCUT2D eigenvalue weighted by Gasteiger charge is -2.11. The van der Waals surface area contributed by atoms with Crippen LogP contribution in [0.2, 0.25) is 10.2 Å². The fourth-order valence-corrected chi connectivity index (χ4v) is 1.51. The number of carbonyl (C=O) groups is 1. The van der Waals surface area contributed by atoms with E-state index in [1.54, 1.807) is 0 Å². The first kappa shape index (κ1) is 14.2. The summed E-state index contributed by atoms with van der Waals surface area (Å²) in [5.74, 6) is -0.0273. The maximum atomic E-state index is 11.7. The molecule has 0 aliphatic heterocycles. The molecule has 0 saturated carbocycles. The molecular formula is C11H14Cl2N2O2. The summed E-state index contributed by atoms with van der Waals surface area (Å²) in [5.41, 5.74) is 0.371. The summed E-state index contributed by atoms with van der Waals surface area (Å²) in [7, 11) is 0. The summed E-state index contributed by atoms with van der Waals surface area (Å²) in [6.45, 7) is 2.56. The predicted octanol–water partition coefficient (Wildman–Crippen LogP) is 2.14. The van der Waals surface area contributed by atoms with Crippen LogP contribution in [0.3, 0.4) is 0 Å². The van der Waals surface area contributed by atoms with Gasteiger partial charge in [0.25, 0.3) is 5.91 Å². The van der Waals surface area contributed by atoms with E-state index in [1.165, 1.54) is 12.3 Å². The number of rotatable bonds is 5. The van der Waals surface area contributed by atoms with Crippen molar-refractivity contribution in [2.24, 2.45) is 5.92 Å². The molecule has 94 valence electrons. The Kier molecular flexibility index (Phi) is 5.68. The number of carbonyl (C=O) groups excluding carboxylic acids is 1. The van der Waals surface area contributed by atoms with Crippen LogP contribution in [0.15, 0.2) is 12.3 Å². The molecular weight excluding hydrogens is 263 g/mol. The highest BCUT2D eigenvalue weighted by molar-refractivity contribution is 6.41. The molecule has 0 radical (unpaired) electrons. The summed E-state index contributed by atoms with van der Waals surface area (Å²) < 4.78 is 0. The van der Waals surface area contributed by atoms with Gasteiger partial charge in [-0.15, -0.1) is 0 Å². The Morgan fingerprint density at radius 1 is 1.59 bits per heavy atom. The molecule has 1 amide bonds. The van der Waals surface area contributed by atoms with Gasteiger partial charge in [-0.3, -0.25) is 4.79 Å². The first-order valence-corrected chi connectivity index (χ1v) is 6.00. The molecule has 0 aliphatic carbocycles. The molecule has 1 rings (SSSR count). The molecule has 0 fully saturated rings. The number of amides is 1. The molecule has 6 heteroatoms. The highest BCUT2D eigenvalue weighted by Gasteiger charge is 2.10. The van der Waals surface area contributed by atoms with Crippen LogP contribution in [0.5, 0.6) is 0 Å². The van der Waals surface area contributed by atoms with Gasteiger partial charge in [0.05, 0.1) is 10.6 Å². The van der Waals surface area contributed by atoms with Crippen LogP contribution < -0.4 is 5.32 Å². The fraction of sp³-hybridized carbons (Fsp3) is 0.455. The van der Waals surface area contributed by atoms with Crippen LogP contribution in [0, 0.1) is 5.92 Å². The van der Waals surface area contributed by atoms with Crippen molar-refractivity contribution in [3.8, 4) is 0 Å². The van der Waals surface area contributed by atoms with Gasteiger partial charge in [-0.1, -0.05) is 30.1 Å². The number of nitrogens with zero attached hydrogens (tertiary/aromatic N) is 1. The summed E-state index contributed by atoms with van der Waals surface area (Å²) in [6.07, 6.45) is 2.03. The standard InChI is InChI=1S/C11H14Cl2N2O2/c1-7(2-3-16)5-15-11(17)8-4-9(12)10(13)14-6-8/h4,6-7,16H,2-3,5H2,1H3,(H,15,17). The smallest absolute Gasteiger partial charge is 0.252 e. The molecule has 2 N–H and O–H groups in total. The number of aromatic nitrogens is 1. The van der Waals surface area contributed by atoms with Gasteiger partial charge in [-0.05, 0) is 18.4 Å². The van der Waals surface area contributed by atoms with E-state index in [0.29, 0.717) is 18.5 Å². The van der Waals surface area contributed by atoms with E-state index in [2.05, 4.69) is 10.3 Å². The summed E-state index contributed by atoms with van der Waals surface area (Å²) in [6, 6.07) is 1.48. The van der Waals surface area contributed by atoms with Gasteiger partial charge >= 0.3 is 0 Å². The maximum Gasteiger partial charge on any atom is 0.252 e. The number of hydrogen-bond acceptors (Lipinski definition) is 3. The van der Waals surface area contributed by atoms with Gasteiger partial charge in [-0.25, -0.2) is 4.98 Å². The van der Waals surface area contributed by atoms with Gasteiger partial charge < -0.3 is 10.4 Å². The zero-order chi connectivity index (χ0) is 12.8. The van der Waals surface area contributed by atoms with Crippen LogP contribution in [-0.4, -0.2) is 29.1 Å². The van der Waals surface area contributed by atoms with Gasteiger partial charge in [0, 0.05) is 19.3 Å². The second-order valence-electron chi connectivity index (χ2n) is 3.82. The molecule has 0 saturated heterocycles. The van der Waals surface area contributed by atoms with Crippen molar-refractivity contribution in [3.05, 3.63) is 28.0 Å². The second kappa shape index (κ2) is 6.79. The van der Waals surface area contributed by atoms with Crippen LogP contribution in [0.4, 0.5) is 0 Å². The Morgan fingerprint density at radius 3 is 2.88 bits per heavy atom. The van der Waals surface area contributed by atoms with Crippen LogP contribution in [0.1, 0.15) is 23.7 Å². The largest absolute Gasteiger partial charge is 0.396 e. The molecule has 0 spiro atoms. The normalized spacial score (nSPS) is 12.2. The van der Waals surface area contributed by atoms with Crippen molar-refractivity contribution in [2.45, 2.75) is 13.3 Å². The third-order valence-electron chi connectivity index (χ3n) is 2.29. The van der Waals surface area contributed by atoms with Gasteiger partial charge in [0.2, 0.25) is 0 Å². The number of hydrogen-bond donors (Lipinski definition) is 2. The van der Waals surface area contributed by atoms with Crippen LogP contribution in [-0.2, 0) is 0 Å². The highest BCUT2D eigenvalue weighted by atomic mass is 35.5. The Labute approximate surface area is 110 Å². The third kappa shape index (κ3) is 4.50. The molecule has 1 atom stereocenters. The Morgan fingerprint density at radius 2 is 2.29 bits per heavy atom. The molecule has 1 aromatic rings. The first-order chi connectivity index (χ1) is 8.04. The number of halogens is 2.